The summed E-state index contributed by atoms with van der Waals surface area (Å²) in [6.07, 6.45) is 2.49. The number of para-hydroxylation sites is 1. The molecular formula is C26H23N5O5. The number of carbonyl (C=O) groups is 2. The smallest absolute Gasteiger partial charge is 0.257 e. The molecule has 2 aromatic heterocycles. The molecule has 3 N–H and O–H groups in total. The summed E-state index contributed by atoms with van der Waals surface area (Å²) in [5, 5.41) is 13.2. The largest absolute Gasteiger partial charge is 0.496 e. The van der Waals surface area contributed by atoms with Gasteiger partial charge in [0, 0.05) is 36.0 Å². The van der Waals surface area contributed by atoms with Crippen LogP contribution in [0, 0.1) is 0 Å². The van der Waals surface area contributed by atoms with Crippen molar-refractivity contribution in [1.82, 2.24) is 20.1 Å². The van der Waals surface area contributed by atoms with Crippen molar-refractivity contribution in [3.05, 3.63) is 77.0 Å². The molecule has 4 heterocycles. The van der Waals surface area contributed by atoms with Gasteiger partial charge in [0.1, 0.15) is 5.75 Å². The number of rotatable bonds is 6. The van der Waals surface area contributed by atoms with Crippen molar-refractivity contribution in [3.8, 4) is 28.6 Å². The number of aryl methyl sites for hydroxylation is 1. The fourth-order valence-corrected chi connectivity index (χ4v) is 4.53. The van der Waals surface area contributed by atoms with Crippen molar-refractivity contribution < 1.29 is 23.8 Å². The fourth-order valence-electron chi connectivity index (χ4n) is 4.53. The van der Waals surface area contributed by atoms with Crippen LogP contribution < -0.4 is 24.8 Å². The van der Waals surface area contributed by atoms with Gasteiger partial charge in [0.25, 0.3) is 11.8 Å². The van der Waals surface area contributed by atoms with Crippen LogP contribution in [0.3, 0.4) is 0 Å². The van der Waals surface area contributed by atoms with E-state index in [4.69, 9.17) is 14.2 Å². The molecule has 0 fully saturated rings. The fraction of sp³-hybridized carbons (Fsp3) is 0.192. The Morgan fingerprint density at radius 1 is 1.08 bits per heavy atom. The van der Waals surface area contributed by atoms with Crippen molar-refractivity contribution in [2.45, 2.75) is 19.5 Å². The first-order valence-corrected chi connectivity index (χ1v) is 11.5. The summed E-state index contributed by atoms with van der Waals surface area (Å²) in [6, 6.07) is 14.5. The predicted molar refractivity (Wildman–Crippen MR) is 130 cm³/mol. The van der Waals surface area contributed by atoms with Gasteiger partial charge in [-0.2, -0.15) is 5.10 Å². The normalized spacial score (nSPS) is 13.0. The molecule has 0 saturated heterocycles. The van der Waals surface area contributed by atoms with E-state index in [1.807, 2.05) is 41.1 Å². The Kier molecular flexibility index (Phi) is 5.33. The van der Waals surface area contributed by atoms with Gasteiger partial charge in [-0.1, -0.05) is 18.2 Å². The average Bonchev–Trinajstić information content (AvgIpc) is 3.64. The Balaban J connectivity index is 1.18. The van der Waals surface area contributed by atoms with Gasteiger partial charge in [0.2, 0.25) is 6.79 Å². The van der Waals surface area contributed by atoms with Crippen LogP contribution in [-0.2, 0) is 19.5 Å². The zero-order chi connectivity index (χ0) is 24.6. The number of H-pyrrole nitrogens is 1. The number of fused-ring (bicyclic) bond motifs is 4. The molecule has 0 atom stereocenters. The topological polar surface area (TPSA) is 120 Å². The van der Waals surface area contributed by atoms with Crippen LogP contribution in [0.4, 0.5) is 5.82 Å². The number of amides is 2. The lowest BCUT2D eigenvalue weighted by Gasteiger charge is -2.16. The lowest BCUT2D eigenvalue weighted by Crippen LogP contribution is -2.22. The molecule has 0 saturated carbocycles. The Labute approximate surface area is 206 Å². The molecular weight excluding hydrogens is 462 g/mol. The summed E-state index contributed by atoms with van der Waals surface area (Å²) < 4.78 is 18.0. The number of anilines is 1. The molecule has 2 aliphatic heterocycles. The Bertz CT molecular complexity index is 1490. The predicted octanol–water partition coefficient (Wildman–Crippen LogP) is 3.35. The van der Waals surface area contributed by atoms with Crippen molar-refractivity contribution in [2.24, 2.45) is 0 Å². The molecule has 2 aromatic carbocycles. The minimum atomic E-state index is -0.292. The van der Waals surface area contributed by atoms with E-state index >= 15 is 0 Å². The van der Waals surface area contributed by atoms with Gasteiger partial charge in [0.15, 0.2) is 17.3 Å². The summed E-state index contributed by atoms with van der Waals surface area (Å²) in [5.74, 6) is 1.89. The quantitative estimate of drug-likeness (QED) is 0.385. The molecule has 36 heavy (non-hydrogen) atoms. The summed E-state index contributed by atoms with van der Waals surface area (Å²) in [6.45, 7) is 1.16. The minimum absolute atomic E-state index is 0.146. The molecule has 2 amide bonds. The first-order chi connectivity index (χ1) is 17.6. The number of nitrogens with zero attached hydrogens (tertiary/aromatic N) is 2. The highest BCUT2D eigenvalue weighted by Crippen LogP contribution is 2.35. The standard InChI is InChI=1S/C26H23N5O5/c1-34-20-5-3-2-4-16(20)12-27-25(32)17-10-19-23-18(8-9-31(19)13-17)24(30-29-23)28-26(33)15-6-7-21-22(11-15)36-14-35-21/h2-7,10-11,13H,8-9,12,14H2,1H3,(H,27,32)(H2,28,29,30,33). The number of aromatic amines is 1. The van der Waals surface area contributed by atoms with Crippen LogP contribution in [0.1, 0.15) is 31.8 Å². The number of hydrogen-bond donors (Lipinski definition) is 3. The molecule has 0 radical (unpaired) electrons. The highest BCUT2D eigenvalue weighted by atomic mass is 16.7. The number of hydrogen-bond acceptors (Lipinski definition) is 6. The monoisotopic (exact) mass is 485 g/mol. The molecule has 0 unspecified atom stereocenters. The van der Waals surface area contributed by atoms with Crippen molar-refractivity contribution in [1.29, 1.82) is 0 Å². The SMILES string of the molecule is COc1ccccc1CNC(=O)c1cc2n(c1)CCc1c(NC(=O)c3ccc4c(c3)OCO4)n[nH]c1-2. The van der Waals surface area contributed by atoms with E-state index in [1.165, 1.54) is 0 Å². The van der Waals surface area contributed by atoms with Crippen LogP contribution >= 0.6 is 0 Å². The van der Waals surface area contributed by atoms with Gasteiger partial charge in [-0.15, -0.1) is 0 Å². The van der Waals surface area contributed by atoms with Crippen LogP contribution in [-0.4, -0.2) is 40.5 Å². The zero-order valence-electron chi connectivity index (χ0n) is 19.5. The van der Waals surface area contributed by atoms with Gasteiger partial charge >= 0.3 is 0 Å². The average molecular weight is 486 g/mol. The molecule has 0 spiro atoms. The van der Waals surface area contributed by atoms with Crippen LogP contribution in [0.25, 0.3) is 11.4 Å². The van der Waals surface area contributed by atoms with E-state index in [0.717, 1.165) is 28.3 Å². The van der Waals surface area contributed by atoms with Crippen molar-refractivity contribution in [2.75, 3.05) is 19.2 Å². The molecule has 6 rings (SSSR count). The van der Waals surface area contributed by atoms with E-state index in [0.29, 0.717) is 48.0 Å². The highest BCUT2D eigenvalue weighted by Gasteiger charge is 2.26. The molecule has 182 valence electrons. The number of aromatic nitrogens is 3. The number of nitrogens with one attached hydrogen (secondary N) is 3. The number of carbonyl (C=O) groups excluding carboxylic acids is 2. The lowest BCUT2D eigenvalue weighted by atomic mass is 10.1. The van der Waals surface area contributed by atoms with Crippen LogP contribution in [0.2, 0.25) is 0 Å². The molecule has 2 aliphatic rings. The molecule has 10 nitrogen and oxygen atoms in total. The van der Waals surface area contributed by atoms with Gasteiger partial charge in [-0.3, -0.25) is 14.7 Å². The molecule has 0 aliphatic carbocycles. The van der Waals surface area contributed by atoms with Crippen LogP contribution in [0.15, 0.2) is 54.7 Å². The van der Waals surface area contributed by atoms with E-state index in [-0.39, 0.29) is 18.6 Å². The third-order valence-electron chi connectivity index (χ3n) is 6.38. The summed E-state index contributed by atoms with van der Waals surface area (Å²) in [4.78, 5) is 25.7. The third kappa shape index (κ3) is 3.82. The van der Waals surface area contributed by atoms with Gasteiger partial charge < -0.3 is 29.4 Å². The minimum Gasteiger partial charge on any atom is -0.496 e. The molecule has 0 bridgehead atoms. The van der Waals surface area contributed by atoms with Gasteiger partial charge in [-0.25, -0.2) is 0 Å². The lowest BCUT2D eigenvalue weighted by molar-refractivity contribution is 0.0949. The third-order valence-corrected chi connectivity index (χ3v) is 6.38. The molecule has 10 heteroatoms. The maximum absolute atomic E-state index is 12.9. The number of methoxy groups -OCH3 is 1. The summed E-state index contributed by atoms with van der Waals surface area (Å²) in [7, 11) is 1.61. The Morgan fingerprint density at radius 2 is 1.94 bits per heavy atom. The maximum atomic E-state index is 12.9. The Hall–Kier alpha value is -4.73. The van der Waals surface area contributed by atoms with E-state index in [1.54, 1.807) is 25.3 Å². The van der Waals surface area contributed by atoms with E-state index in [9.17, 15) is 9.59 Å². The van der Waals surface area contributed by atoms with Crippen molar-refractivity contribution in [3.63, 3.8) is 0 Å². The van der Waals surface area contributed by atoms with Gasteiger partial charge in [0.05, 0.1) is 24.1 Å². The summed E-state index contributed by atoms with van der Waals surface area (Å²) >= 11 is 0. The first-order valence-electron chi connectivity index (χ1n) is 11.5. The van der Waals surface area contributed by atoms with Crippen LogP contribution in [0.5, 0.6) is 17.2 Å². The first kappa shape index (κ1) is 21.8. The second-order valence-corrected chi connectivity index (χ2v) is 8.50. The molecule has 4 aromatic rings. The highest BCUT2D eigenvalue weighted by molar-refractivity contribution is 6.05. The Morgan fingerprint density at radius 3 is 2.83 bits per heavy atom. The van der Waals surface area contributed by atoms with Gasteiger partial charge in [-0.05, 0) is 36.8 Å². The zero-order valence-corrected chi connectivity index (χ0v) is 19.5. The number of ether oxygens (including phenoxy) is 3. The summed E-state index contributed by atoms with van der Waals surface area (Å²) in [5.41, 5.74) is 4.42. The second kappa shape index (κ2) is 8.81. The second-order valence-electron chi connectivity index (χ2n) is 8.50. The number of benzene rings is 2. The maximum Gasteiger partial charge on any atom is 0.257 e. The van der Waals surface area contributed by atoms with Crippen molar-refractivity contribution >= 4 is 17.6 Å². The van der Waals surface area contributed by atoms with E-state index < -0.39 is 0 Å². The van der Waals surface area contributed by atoms with E-state index in [2.05, 4.69) is 20.8 Å².